The van der Waals surface area contributed by atoms with Crippen LogP contribution in [0.15, 0.2) is 42.6 Å². The fourth-order valence-electron chi connectivity index (χ4n) is 2.14. The number of ether oxygens (including phenoxy) is 1. The van der Waals surface area contributed by atoms with Crippen molar-refractivity contribution in [2.75, 3.05) is 13.7 Å². The molecule has 0 spiro atoms. The molecule has 0 fully saturated rings. The number of nitrogens with one attached hydrogen (secondary N) is 1. The molecule has 1 N–H and O–H groups in total. The Balaban J connectivity index is 2.44. The molecule has 1 aromatic carbocycles. The molecule has 0 saturated carbocycles. The fraction of sp³-hybridized carbons (Fsp3) is 0.312. The molecule has 2 aromatic rings. The zero-order valence-corrected chi connectivity index (χ0v) is 12.5. The first-order chi connectivity index (χ1) is 9.77. The minimum absolute atomic E-state index is 0.0696. The number of methoxy groups -OCH3 is 1. The molecule has 0 aliphatic rings. The summed E-state index contributed by atoms with van der Waals surface area (Å²) in [6, 6.07) is 11.5. The van der Waals surface area contributed by atoms with Gasteiger partial charge in [-0.2, -0.15) is 0 Å². The number of rotatable bonds is 6. The SMILES string of the molecule is CCCNC(c1ccccc1Cl)c1ncccc1OC. The van der Waals surface area contributed by atoms with Gasteiger partial charge in [-0.15, -0.1) is 0 Å². The van der Waals surface area contributed by atoms with Crippen molar-refractivity contribution >= 4 is 11.6 Å². The first-order valence-electron chi connectivity index (χ1n) is 6.74. The van der Waals surface area contributed by atoms with E-state index < -0.39 is 0 Å². The van der Waals surface area contributed by atoms with Gasteiger partial charge in [-0.1, -0.05) is 36.7 Å². The van der Waals surface area contributed by atoms with E-state index in [1.165, 1.54) is 0 Å². The minimum Gasteiger partial charge on any atom is -0.495 e. The highest BCUT2D eigenvalue weighted by molar-refractivity contribution is 6.31. The first kappa shape index (κ1) is 14.8. The largest absolute Gasteiger partial charge is 0.495 e. The van der Waals surface area contributed by atoms with Crippen LogP contribution < -0.4 is 10.1 Å². The number of nitrogens with zero attached hydrogens (tertiary/aromatic N) is 1. The van der Waals surface area contributed by atoms with E-state index in [9.17, 15) is 0 Å². The zero-order valence-electron chi connectivity index (χ0n) is 11.8. The van der Waals surface area contributed by atoms with Crippen LogP contribution >= 0.6 is 11.6 Å². The van der Waals surface area contributed by atoms with Crippen molar-refractivity contribution in [2.24, 2.45) is 0 Å². The molecule has 106 valence electrons. The molecule has 1 unspecified atom stereocenters. The highest BCUT2D eigenvalue weighted by Crippen LogP contribution is 2.31. The third-order valence-corrected chi connectivity index (χ3v) is 3.45. The standard InChI is InChI=1S/C16H19ClN2O/c1-3-10-18-15(12-7-4-5-8-13(12)17)16-14(20-2)9-6-11-19-16/h4-9,11,15,18H,3,10H2,1-2H3. The molecule has 3 nitrogen and oxygen atoms in total. The van der Waals surface area contributed by atoms with E-state index in [2.05, 4.69) is 17.2 Å². The topological polar surface area (TPSA) is 34.2 Å². The summed E-state index contributed by atoms with van der Waals surface area (Å²) >= 11 is 6.33. The lowest BCUT2D eigenvalue weighted by atomic mass is 10.0. The normalized spacial score (nSPS) is 12.2. The van der Waals surface area contributed by atoms with Gasteiger partial charge in [0.05, 0.1) is 13.2 Å². The average molecular weight is 291 g/mol. The van der Waals surface area contributed by atoms with Gasteiger partial charge in [0, 0.05) is 11.2 Å². The summed E-state index contributed by atoms with van der Waals surface area (Å²) in [5.41, 5.74) is 1.87. The van der Waals surface area contributed by atoms with E-state index in [0.29, 0.717) is 0 Å². The fourth-order valence-corrected chi connectivity index (χ4v) is 2.39. The number of hydrogen-bond donors (Lipinski definition) is 1. The lowest BCUT2D eigenvalue weighted by Crippen LogP contribution is -2.24. The Hall–Kier alpha value is -1.58. The number of pyridine rings is 1. The van der Waals surface area contributed by atoms with Crippen LogP contribution in [0.4, 0.5) is 0 Å². The molecule has 0 saturated heterocycles. The highest BCUT2D eigenvalue weighted by Gasteiger charge is 2.20. The Morgan fingerprint density at radius 3 is 2.75 bits per heavy atom. The van der Waals surface area contributed by atoms with Gasteiger partial charge in [0.15, 0.2) is 0 Å². The summed E-state index contributed by atoms with van der Waals surface area (Å²) in [4.78, 5) is 4.47. The predicted octanol–water partition coefficient (Wildman–Crippen LogP) is 3.83. The summed E-state index contributed by atoms with van der Waals surface area (Å²) < 4.78 is 5.42. The van der Waals surface area contributed by atoms with Gasteiger partial charge in [0.25, 0.3) is 0 Å². The molecule has 1 heterocycles. The molecule has 2 rings (SSSR count). The molecule has 0 aliphatic carbocycles. The number of halogens is 1. The molecule has 0 amide bonds. The van der Waals surface area contributed by atoms with E-state index in [1.54, 1.807) is 13.3 Å². The van der Waals surface area contributed by atoms with Gasteiger partial charge < -0.3 is 10.1 Å². The van der Waals surface area contributed by atoms with Crippen LogP contribution in [-0.4, -0.2) is 18.6 Å². The Kier molecular flexibility index (Phi) is 5.39. The van der Waals surface area contributed by atoms with Crippen LogP contribution in [0, 0.1) is 0 Å². The molecule has 0 bridgehead atoms. The van der Waals surface area contributed by atoms with Gasteiger partial charge in [-0.25, -0.2) is 0 Å². The quantitative estimate of drug-likeness (QED) is 0.878. The van der Waals surface area contributed by atoms with Crippen LogP contribution in [-0.2, 0) is 0 Å². The molecule has 1 atom stereocenters. The van der Waals surface area contributed by atoms with E-state index >= 15 is 0 Å². The van der Waals surface area contributed by atoms with E-state index in [4.69, 9.17) is 16.3 Å². The van der Waals surface area contributed by atoms with E-state index in [0.717, 1.165) is 35.0 Å². The van der Waals surface area contributed by atoms with Crippen LogP contribution in [0.25, 0.3) is 0 Å². The Morgan fingerprint density at radius 2 is 2.05 bits per heavy atom. The Bertz CT molecular complexity index is 560. The second-order valence-electron chi connectivity index (χ2n) is 4.50. The molecule has 1 aromatic heterocycles. The minimum atomic E-state index is -0.0696. The second kappa shape index (κ2) is 7.27. The van der Waals surface area contributed by atoms with E-state index in [-0.39, 0.29) is 6.04 Å². The number of hydrogen-bond acceptors (Lipinski definition) is 3. The smallest absolute Gasteiger partial charge is 0.142 e. The first-order valence-corrected chi connectivity index (χ1v) is 7.12. The van der Waals surface area contributed by atoms with Crippen molar-refractivity contribution in [1.82, 2.24) is 10.3 Å². The van der Waals surface area contributed by atoms with Crippen LogP contribution in [0.1, 0.15) is 30.6 Å². The monoisotopic (exact) mass is 290 g/mol. The van der Waals surface area contributed by atoms with E-state index in [1.807, 2.05) is 36.4 Å². The number of benzene rings is 1. The molecular weight excluding hydrogens is 272 g/mol. The molecule has 20 heavy (non-hydrogen) atoms. The summed E-state index contributed by atoms with van der Waals surface area (Å²) in [6.45, 7) is 3.02. The Morgan fingerprint density at radius 1 is 1.25 bits per heavy atom. The summed E-state index contributed by atoms with van der Waals surface area (Å²) in [5.74, 6) is 0.765. The van der Waals surface area contributed by atoms with Crippen molar-refractivity contribution in [2.45, 2.75) is 19.4 Å². The zero-order chi connectivity index (χ0) is 14.4. The molecule has 0 radical (unpaired) electrons. The lowest BCUT2D eigenvalue weighted by Gasteiger charge is -2.21. The van der Waals surface area contributed by atoms with Crippen molar-refractivity contribution < 1.29 is 4.74 Å². The lowest BCUT2D eigenvalue weighted by molar-refractivity contribution is 0.400. The van der Waals surface area contributed by atoms with Crippen molar-refractivity contribution in [3.63, 3.8) is 0 Å². The average Bonchev–Trinajstić information content (AvgIpc) is 2.49. The van der Waals surface area contributed by atoms with Crippen LogP contribution in [0.2, 0.25) is 5.02 Å². The van der Waals surface area contributed by atoms with Gasteiger partial charge >= 0.3 is 0 Å². The predicted molar refractivity (Wildman–Crippen MR) is 82.4 cm³/mol. The molecule has 0 aliphatic heterocycles. The van der Waals surface area contributed by atoms with Gasteiger partial charge in [-0.3, -0.25) is 4.98 Å². The third kappa shape index (κ3) is 3.30. The van der Waals surface area contributed by atoms with Gasteiger partial charge in [0.1, 0.15) is 11.4 Å². The van der Waals surface area contributed by atoms with Crippen LogP contribution in [0.5, 0.6) is 5.75 Å². The molecule has 4 heteroatoms. The van der Waals surface area contributed by atoms with Crippen molar-refractivity contribution in [1.29, 1.82) is 0 Å². The van der Waals surface area contributed by atoms with Crippen LogP contribution in [0.3, 0.4) is 0 Å². The third-order valence-electron chi connectivity index (χ3n) is 3.11. The molecular formula is C16H19ClN2O. The maximum Gasteiger partial charge on any atom is 0.142 e. The maximum atomic E-state index is 6.33. The van der Waals surface area contributed by atoms with Crippen molar-refractivity contribution in [3.8, 4) is 5.75 Å². The second-order valence-corrected chi connectivity index (χ2v) is 4.91. The summed E-state index contributed by atoms with van der Waals surface area (Å²) in [5, 5.41) is 4.22. The van der Waals surface area contributed by atoms with Gasteiger partial charge in [0.2, 0.25) is 0 Å². The summed E-state index contributed by atoms with van der Waals surface area (Å²) in [6.07, 6.45) is 2.81. The highest BCUT2D eigenvalue weighted by atomic mass is 35.5. The number of aromatic nitrogens is 1. The van der Waals surface area contributed by atoms with Gasteiger partial charge in [-0.05, 0) is 36.7 Å². The summed E-state index contributed by atoms with van der Waals surface area (Å²) in [7, 11) is 1.66. The maximum absolute atomic E-state index is 6.33. The van der Waals surface area contributed by atoms with Crippen molar-refractivity contribution in [3.05, 3.63) is 58.9 Å². The Labute approximate surface area is 124 Å².